The summed E-state index contributed by atoms with van der Waals surface area (Å²) in [5, 5.41) is 13.8. The van der Waals surface area contributed by atoms with Gasteiger partial charge in [-0.25, -0.2) is 4.98 Å². The molecular formula is C21H17N3O3S. The first kappa shape index (κ1) is 18.1. The SMILES string of the molecule is Cc1ccc2cc(C#N)c(SCC(=O)Nc3ccc4c(c3)OCO4)nc2c1C. The number of thioether (sulfide) groups is 1. The number of carbonyl (C=O) groups is 1. The zero-order valence-corrected chi connectivity index (χ0v) is 16.2. The van der Waals surface area contributed by atoms with Crippen LogP contribution in [0.1, 0.15) is 16.7 Å². The Bertz CT molecular complexity index is 1140. The highest BCUT2D eigenvalue weighted by molar-refractivity contribution is 8.00. The van der Waals surface area contributed by atoms with Gasteiger partial charge < -0.3 is 14.8 Å². The first-order valence-corrected chi connectivity index (χ1v) is 9.67. The quantitative estimate of drug-likeness (QED) is 0.672. The maximum atomic E-state index is 12.4. The van der Waals surface area contributed by atoms with Gasteiger partial charge in [-0.05, 0) is 43.2 Å². The number of benzene rings is 2. The number of hydrogen-bond acceptors (Lipinski definition) is 6. The normalized spacial score (nSPS) is 12.0. The number of nitriles is 1. The smallest absolute Gasteiger partial charge is 0.234 e. The molecule has 4 rings (SSSR count). The average Bonchev–Trinajstić information content (AvgIpc) is 3.16. The molecule has 1 aliphatic rings. The first-order chi connectivity index (χ1) is 13.5. The summed E-state index contributed by atoms with van der Waals surface area (Å²) in [7, 11) is 0. The predicted octanol–water partition coefficient (Wildman–Crippen LogP) is 4.18. The van der Waals surface area contributed by atoms with E-state index in [9.17, 15) is 10.1 Å². The molecule has 2 heterocycles. The summed E-state index contributed by atoms with van der Waals surface area (Å²) >= 11 is 1.25. The molecular weight excluding hydrogens is 374 g/mol. The van der Waals surface area contributed by atoms with E-state index in [4.69, 9.17) is 9.47 Å². The molecule has 2 aromatic carbocycles. The number of amides is 1. The van der Waals surface area contributed by atoms with Gasteiger partial charge in [0, 0.05) is 17.1 Å². The number of hydrogen-bond donors (Lipinski definition) is 1. The first-order valence-electron chi connectivity index (χ1n) is 8.68. The molecule has 0 aliphatic carbocycles. The maximum Gasteiger partial charge on any atom is 0.234 e. The summed E-state index contributed by atoms with van der Waals surface area (Å²) in [5.74, 6) is 1.24. The number of anilines is 1. The molecule has 28 heavy (non-hydrogen) atoms. The molecule has 1 N–H and O–H groups in total. The van der Waals surface area contributed by atoms with Crippen molar-refractivity contribution in [3.63, 3.8) is 0 Å². The molecule has 0 bridgehead atoms. The lowest BCUT2D eigenvalue weighted by Gasteiger charge is -2.10. The lowest BCUT2D eigenvalue weighted by Crippen LogP contribution is -2.14. The van der Waals surface area contributed by atoms with Crippen molar-refractivity contribution in [2.45, 2.75) is 18.9 Å². The fourth-order valence-electron chi connectivity index (χ4n) is 2.96. The number of nitrogens with one attached hydrogen (secondary N) is 1. The monoisotopic (exact) mass is 391 g/mol. The molecule has 0 atom stereocenters. The van der Waals surface area contributed by atoms with E-state index in [1.807, 2.05) is 32.0 Å². The number of nitrogens with zero attached hydrogens (tertiary/aromatic N) is 2. The predicted molar refractivity (Wildman–Crippen MR) is 108 cm³/mol. The zero-order chi connectivity index (χ0) is 19.7. The summed E-state index contributed by atoms with van der Waals surface area (Å²) in [6.45, 7) is 4.23. The molecule has 0 radical (unpaired) electrons. The molecule has 0 unspecified atom stereocenters. The Morgan fingerprint density at radius 1 is 1.21 bits per heavy atom. The lowest BCUT2D eigenvalue weighted by molar-refractivity contribution is -0.113. The Labute approximate surface area is 166 Å². The molecule has 1 aliphatic heterocycles. The summed E-state index contributed by atoms with van der Waals surface area (Å²) in [5.41, 5.74) is 4.18. The summed E-state index contributed by atoms with van der Waals surface area (Å²) in [6.07, 6.45) is 0. The Kier molecular flexibility index (Phi) is 4.80. The van der Waals surface area contributed by atoms with Crippen molar-refractivity contribution in [2.75, 3.05) is 17.9 Å². The van der Waals surface area contributed by atoms with E-state index in [-0.39, 0.29) is 18.5 Å². The van der Waals surface area contributed by atoms with Gasteiger partial charge in [-0.1, -0.05) is 23.9 Å². The minimum atomic E-state index is -0.185. The van der Waals surface area contributed by atoms with Crippen LogP contribution in [0.25, 0.3) is 10.9 Å². The van der Waals surface area contributed by atoms with Crippen LogP contribution < -0.4 is 14.8 Å². The van der Waals surface area contributed by atoms with Crippen molar-refractivity contribution in [2.24, 2.45) is 0 Å². The van der Waals surface area contributed by atoms with Gasteiger partial charge in [-0.3, -0.25) is 4.79 Å². The molecule has 1 aromatic heterocycles. The summed E-state index contributed by atoms with van der Waals surface area (Å²) in [4.78, 5) is 17.0. The number of aromatic nitrogens is 1. The highest BCUT2D eigenvalue weighted by atomic mass is 32.2. The minimum absolute atomic E-state index is 0.145. The van der Waals surface area contributed by atoms with E-state index in [2.05, 4.69) is 16.4 Å². The third kappa shape index (κ3) is 3.47. The van der Waals surface area contributed by atoms with E-state index in [1.165, 1.54) is 11.8 Å². The van der Waals surface area contributed by atoms with E-state index in [0.717, 1.165) is 22.0 Å². The van der Waals surface area contributed by atoms with Gasteiger partial charge >= 0.3 is 0 Å². The highest BCUT2D eigenvalue weighted by Crippen LogP contribution is 2.34. The van der Waals surface area contributed by atoms with Crippen LogP contribution in [-0.4, -0.2) is 23.4 Å². The molecule has 6 nitrogen and oxygen atoms in total. The molecule has 3 aromatic rings. The fraction of sp³-hybridized carbons (Fsp3) is 0.190. The van der Waals surface area contributed by atoms with Gasteiger partial charge in [0.1, 0.15) is 11.1 Å². The number of aryl methyl sites for hydroxylation is 2. The van der Waals surface area contributed by atoms with Gasteiger partial charge in [-0.2, -0.15) is 5.26 Å². The second-order valence-corrected chi connectivity index (χ2v) is 7.40. The van der Waals surface area contributed by atoms with Crippen LogP contribution in [-0.2, 0) is 4.79 Å². The van der Waals surface area contributed by atoms with Crippen LogP contribution in [0.4, 0.5) is 5.69 Å². The van der Waals surface area contributed by atoms with Crippen molar-refractivity contribution in [1.82, 2.24) is 4.98 Å². The van der Waals surface area contributed by atoms with E-state index >= 15 is 0 Å². The topological polar surface area (TPSA) is 84.2 Å². The second kappa shape index (κ2) is 7.41. The van der Waals surface area contributed by atoms with Crippen LogP contribution >= 0.6 is 11.8 Å². The maximum absolute atomic E-state index is 12.4. The largest absolute Gasteiger partial charge is 0.454 e. The van der Waals surface area contributed by atoms with Crippen LogP contribution in [0.15, 0.2) is 41.4 Å². The van der Waals surface area contributed by atoms with Gasteiger partial charge in [-0.15, -0.1) is 0 Å². The van der Waals surface area contributed by atoms with Crippen LogP contribution in [0, 0.1) is 25.2 Å². The average molecular weight is 391 g/mol. The van der Waals surface area contributed by atoms with E-state index < -0.39 is 0 Å². The zero-order valence-electron chi connectivity index (χ0n) is 15.4. The highest BCUT2D eigenvalue weighted by Gasteiger charge is 2.15. The standard InChI is InChI=1S/C21H17N3O3S/c1-12-3-4-14-7-15(9-22)21(24-20(14)13(12)2)28-10-19(25)23-16-5-6-17-18(8-16)27-11-26-17/h3-8H,10-11H2,1-2H3,(H,23,25). The van der Waals surface area contributed by atoms with E-state index in [1.54, 1.807) is 18.2 Å². The molecule has 140 valence electrons. The fourth-order valence-corrected chi connectivity index (χ4v) is 3.72. The molecule has 7 heteroatoms. The number of ether oxygens (including phenoxy) is 2. The lowest BCUT2D eigenvalue weighted by atomic mass is 10.0. The third-order valence-electron chi connectivity index (χ3n) is 4.59. The van der Waals surface area contributed by atoms with Crippen molar-refractivity contribution in [1.29, 1.82) is 5.26 Å². The molecule has 1 amide bonds. The number of pyridine rings is 1. The van der Waals surface area contributed by atoms with Crippen LogP contribution in [0.3, 0.4) is 0 Å². The molecule has 0 saturated carbocycles. The van der Waals surface area contributed by atoms with Gasteiger partial charge in [0.05, 0.1) is 16.8 Å². The van der Waals surface area contributed by atoms with Crippen molar-refractivity contribution < 1.29 is 14.3 Å². The number of carbonyl (C=O) groups excluding carboxylic acids is 1. The van der Waals surface area contributed by atoms with Gasteiger partial charge in [0.25, 0.3) is 0 Å². The van der Waals surface area contributed by atoms with Crippen LogP contribution in [0.2, 0.25) is 0 Å². The Morgan fingerprint density at radius 2 is 2.04 bits per heavy atom. The number of fused-ring (bicyclic) bond motifs is 2. The Hall–Kier alpha value is -3.24. The molecule has 0 spiro atoms. The minimum Gasteiger partial charge on any atom is -0.454 e. The van der Waals surface area contributed by atoms with Crippen molar-refractivity contribution in [3.8, 4) is 17.6 Å². The number of rotatable bonds is 4. The molecule has 0 saturated heterocycles. The molecule has 0 fully saturated rings. The summed E-state index contributed by atoms with van der Waals surface area (Å²) < 4.78 is 10.6. The van der Waals surface area contributed by atoms with E-state index in [0.29, 0.717) is 27.8 Å². The Balaban J connectivity index is 1.51. The van der Waals surface area contributed by atoms with Crippen molar-refractivity contribution >= 4 is 34.3 Å². The van der Waals surface area contributed by atoms with Gasteiger partial charge in [0.2, 0.25) is 12.7 Å². The van der Waals surface area contributed by atoms with Crippen LogP contribution in [0.5, 0.6) is 11.5 Å². The van der Waals surface area contributed by atoms with Crippen molar-refractivity contribution in [3.05, 3.63) is 53.1 Å². The second-order valence-electron chi connectivity index (χ2n) is 6.44. The third-order valence-corrected chi connectivity index (χ3v) is 5.58. The Morgan fingerprint density at radius 3 is 2.86 bits per heavy atom. The summed E-state index contributed by atoms with van der Waals surface area (Å²) in [6, 6.07) is 13.2. The van der Waals surface area contributed by atoms with Gasteiger partial charge in [0.15, 0.2) is 11.5 Å².